The summed E-state index contributed by atoms with van der Waals surface area (Å²) in [5, 5.41) is 8.87. The van der Waals surface area contributed by atoms with Crippen LogP contribution in [0.1, 0.15) is 97.3 Å². The van der Waals surface area contributed by atoms with E-state index in [0.717, 1.165) is 57.8 Å². The summed E-state index contributed by atoms with van der Waals surface area (Å²) in [7, 11) is -3.91. The minimum atomic E-state index is -3.91. The van der Waals surface area contributed by atoms with Gasteiger partial charge in [-0.2, -0.15) is 8.42 Å². The van der Waals surface area contributed by atoms with Gasteiger partial charge in [0, 0.05) is 0 Å². The SMILES string of the molecule is CCCCCCCC(CCCCCCC(O)CC)S(=O)(=O)O. The van der Waals surface area contributed by atoms with Gasteiger partial charge < -0.3 is 5.11 Å². The minimum absolute atomic E-state index is 0.200. The summed E-state index contributed by atoms with van der Waals surface area (Å²) >= 11 is 0. The quantitative estimate of drug-likeness (QED) is 0.335. The molecule has 0 heterocycles. The van der Waals surface area contributed by atoms with Crippen LogP contribution in [0.15, 0.2) is 0 Å². The second kappa shape index (κ2) is 13.3. The molecule has 2 unspecified atom stereocenters. The number of hydrogen-bond donors (Lipinski definition) is 2. The number of hydrogen-bond acceptors (Lipinski definition) is 3. The average Bonchev–Trinajstić information content (AvgIpc) is 2.46. The zero-order chi connectivity index (χ0) is 16.8. The van der Waals surface area contributed by atoms with Crippen LogP contribution in [0.2, 0.25) is 0 Å². The zero-order valence-corrected chi connectivity index (χ0v) is 15.3. The molecule has 22 heavy (non-hydrogen) atoms. The molecule has 0 fully saturated rings. The molecule has 0 saturated heterocycles. The van der Waals surface area contributed by atoms with Gasteiger partial charge in [-0.25, -0.2) is 0 Å². The van der Waals surface area contributed by atoms with E-state index >= 15 is 0 Å². The molecule has 0 aliphatic rings. The molecule has 0 aliphatic heterocycles. The van der Waals surface area contributed by atoms with Crippen molar-refractivity contribution in [2.75, 3.05) is 0 Å². The highest BCUT2D eigenvalue weighted by Gasteiger charge is 2.21. The van der Waals surface area contributed by atoms with Gasteiger partial charge in [0.2, 0.25) is 0 Å². The first-order valence-corrected chi connectivity index (χ1v) is 10.6. The third-order valence-corrected chi connectivity index (χ3v) is 5.65. The third kappa shape index (κ3) is 12.4. The van der Waals surface area contributed by atoms with Crippen molar-refractivity contribution in [1.82, 2.24) is 0 Å². The first kappa shape index (κ1) is 21.9. The highest BCUT2D eigenvalue weighted by molar-refractivity contribution is 7.86. The Labute approximate surface area is 137 Å². The fraction of sp³-hybridized carbons (Fsp3) is 1.00. The topological polar surface area (TPSA) is 74.6 Å². The largest absolute Gasteiger partial charge is 0.393 e. The number of rotatable bonds is 15. The van der Waals surface area contributed by atoms with Crippen molar-refractivity contribution in [3.63, 3.8) is 0 Å². The number of aliphatic hydroxyl groups excluding tert-OH is 1. The molecule has 0 aromatic heterocycles. The lowest BCUT2D eigenvalue weighted by atomic mass is 10.0. The van der Waals surface area contributed by atoms with E-state index in [1.807, 2.05) is 6.92 Å². The number of unbranched alkanes of at least 4 members (excludes halogenated alkanes) is 7. The smallest absolute Gasteiger partial charge is 0.267 e. The van der Waals surface area contributed by atoms with Gasteiger partial charge >= 0.3 is 0 Å². The summed E-state index contributed by atoms with van der Waals surface area (Å²) in [5.74, 6) is 0. The maximum absolute atomic E-state index is 11.4. The van der Waals surface area contributed by atoms with Gasteiger partial charge in [0.25, 0.3) is 10.1 Å². The molecule has 134 valence electrons. The lowest BCUT2D eigenvalue weighted by molar-refractivity contribution is 0.156. The summed E-state index contributed by atoms with van der Waals surface area (Å²) in [5.41, 5.74) is 0. The van der Waals surface area contributed by atoms with Gasteiger partial charge in [-0.05, 0) is 25.7 Å². The summed E-state index contributed by atoms with van der Waals surface area (Å²) in [6, 6.07) is 0. The van der Waals surface area contributed by atoms with Crippen molar-refractivity contribution in [1.29, 1.82) is 0 Å². The zero-order valence-electron chi connectivity index (χ0n) is 14.5. The predicted molar refractivity (Wildman–Crippen MR) is 92.7 cm³/mol. The van der Waals surface area contributed by atoms with Crippen molar-refractivity contribution < 1.29 is 18.1 Å². The van der Waals surface area contributed by atoms with E-state index in [2.05, 4.69) is 6.92 Å². The normalized spacial score (nSPS) is 14.9. The van der Waals surface area contributed by atoms with Crippen LogP contribution >= 0.6 is 0 Å². The van der Waals surface area contributed by atoms with Gasteiger partial charge in [-0.3, -0.25) is 4.55 Å². The molecule has 0 spiro atoms. The first-order valence-electron chi connectivity index (χ1n) is 9.06. The van der Waals surface area contributed by atoms with Crippen LogP contribution in [-0.2, 0) is 10.1 Å². The Morgan fingerprint density at radius 1 is 0.773 bits per heavy atom. The summed E-state index contributed by atoms with van der Waals surface area (Å²) in [4.78, 5) is 0. The molecule has 4 nitrogen and oxygen atoms in total. The van der Waals surface area contributed by atoms with E-state index in [-0.39, 0.29) is 6.10 Å². The predicted octanol–water partition coefficient (Wildman–Crippen LogP) is 4.71. The molecule has 0 saturated carbocycles. The van der Waals surface area contributed by atoms with Crippen molar-refractivity contribution >= 4 is 10.1 Å². The van der Waals surface area contributed by atoms with Crippen LogP contribution in [-0.4, -0.2) is 29.4 Å². The molecular formula is C17H36O4S. The lowest BCUT2D eigenvalue weighted by Crippen LogP contribution is -2.20. The van der Waals surface area contributed by atoms with E-state index in [9.17, 15) is 18.1 Å². The van der Waals surface area contributed by atoms with E-state index < -0.39 is 15.4 Å². The first-order chi connectivity index (χ1) is 10.4. The highest BCUT2D eigenvalue weighted by Crippen LogP contribution is 2.19. The molecule has 0 aromatic rings. The molecule has 0 aliphatic carbocycles. The Hall–Kier alpha value is -0.130. The van der Waals surface area contributed by atoms with Gasteiger partial charge in [0.05, 0.1) is 11.4 Å². The lowest BCUT2D eigenvalue weighted by Gasteiger charge is -2.14. The second-order valence-electron chi connectivity index (χ2n) is 6.39. The van der Waals surface area contributed by atoms with E-state index in [1.165, 1.54) is 12.8 Å². The molecule has 0 radical (unpaired) electrons. The van der Waals surface area contributed by atoms with Crippen LogP contribution in [0.4, 0.5) is 0 Å². The van der Waals surface area contributed by atoms with Gasteiger partial charge in [-0.15, -0.1) is 0 Å². The van der Waals surface area contributed by atoms with Gasteiger partial charge in [0.1, 0.15) is 0 Å². The third-order valence-electron chi connectivity index (χ3n) is 4.34. The van der Waals surface area contributed by atoms with Gasteiger partial charge in [-0.1, -0.05) is 71.6 Å². The molecule has 0 rings (SSSR count). The van der Waals surface area contributed by atoms with E-state index in [0.29, 0.717) is 12.8 Å². The van der Waals surface area contributed by atoms with E-state index in [4.69, 9.17) is 0 Å². The molecule has 0 amide bonds. The fourth-order valence-corrected chi connectivity index (χ4v) is 3.66. The molecule has 0 aromatic carbocycles. The van der Waals surface area contributed by atoms with Crippen LogP contribution in [0, 0.1) is 0 Å². The second-order valence-corrected chi connectivity index (χ2v) is 8.09. The molecule has 0 bridgehead atoms. The Balaban J connectivity index is 3.82. The Kier molecular flexibility index (Phi) is 13.2. The van der Waals surface area contributed by atoms with Crippen LogP contribution in [0.25, 0.3) is 0 Å². The molecule has 2 atom stereocenters. The summed E-state index contributed by atoms with van der Waals surface area (Å²) in [6.07, 6.45) is 11.8. The maximum Gasteiger partial charge on any atom is 0.267 e. The Morgan fingerprint density at radius 3 is 1.64 bits per heavy atom. The molecule has 5 heteroatoms. The standard InChI is InChI=1S/C17H36O4S/c1-3-5-6-7-11-14-17(22(19,20)21)15-12-9-8-10-13-16(18)4-2/h16-18H,3-15H2,1-2H3,(H,19,20,21). The number of aliphatic hydroxyl groups is 1. The summed E-state index contributed by atoms with van der Waals surface area (Å²) < 4.78 is 32.2. The van der Waals surface area contributed by atoms with Crippen molar-refractivity contribution in [2.45, 2.75) is 109 Å². The molecular weight excluding hydrogens is 300 g/mol. The highest BCUT2D eigenvalue weighted by atomic mass is 32.2. The molecule has 2 N–H and O–H groups in total. The van der Waals surface area contributed by atoms with E-state index in [1.54, 1.807) is 0 Å². The van der Waals surface area contributed by atoms with Crippen LogP contribution < -0.4 is 0 Å². The van der Waals surface area contributed by atoms with Crippen molar-refractivity contribution in [3.05, 3.63) is 0 Å². The summed E-state index contributed by atoms with van der Waals surface area (Å²) in [6.45, 7) is 4.13. The van der Waals surface area contributed by atoms with Crippen LogP contribution in [0.5, 0.6) is 0 Å². The fourth-order valence-electron chi connectivity index (χ4n) is 2.73. The van der Waals surface area contributed by atoms with Crippen molar-refractivity contribution in [2.24, 2.45) is 0 Å². The van der Waals surface area contributed by atoms with Crippen molar-refractivity contribution in [3.8, 4) is 0 Å². The monoisotopic (exact) mass is 336 g/mol. The Morgan fingerprint density at radius 2 is 1.23 bits per heavy atom. The van der Waals surface area contributed by atoms with Crippen LogP contribution in [0.3, 0.4) is 0 Å². The minimum Gasteiger partial charge on any atom is -0.393 e. The van der Waals surface area contributed by atoms with Gasteiger partial charge in [0.15, 0.2) is 0 Å². The maximum atomic E-state index is 11.4. The average molecular weight is 337 g/mol. The Bertz CT molecular complexity index is 341.